The van der Waals surface area contributed by atoms with E-state index < -0.39 is 6.03 Å². The van der Waals surface area contributed by atoms with Gasteiger partial charge in [0.25, 0.3) is 0 Å². The predicted molar refractivity (Wildman–Crippen MR) is 165 cm³/mol. The second kappa shape index (κ2) is 15.5. The Morgan fingerprint density at radius 3 is 2.23 bits per heavy atom. The molecule has 7 nitrogen and oxygen atoms in total. The number of allylic oxidation sites excluding steroid dienone is 5. The van der Waals surface area contributed by atoms with Gasteiger partial charge in [-0.3, -0.25) is 19.9 Å². The van der Waals surface area contributed by atoms with E-state index in [1.165, 1.54) is 34.1 Å². The first-order valence-electron chi connectivity index (χ1n) is 13.8. The zero-order valence-electron chi connectivity index (χ0n) is 24.7. The number of anilines is 1. The highest BCUT2D eigenvalue weighted by atomic mass is 16.2. The van der Waals surface area contributed by atoms with Crippen molar-refractivity contribution >= 4 is 29.1 Å². The molecule has 0 saturated heterocycles. The Bertz CT molecular complexity index is 1230. The van der Waals surface area contributed by atoms with E-state index in [9.17, 15) is 14.4 Å². The molecule has 40 heavy (non-hydrogen) atoms. The second-order valence-corrected chi connectivity index (χ2v) is 10.8. The maximum absolute atomic E-state index is 12.4. The monoisotopic (exact) mass is 544 g/mol. The summed E-state index contributed by atoms with van der Waals surface area (Å²) in [7, 11) is 0. The summed E-state index contributed by atoms with van der Waals surface area (Å²) in [5.74, 6) is 0.119. The van der Waals surface area contributed by atoms with E-state index in [4.69, 9.17) is 0 Å². The van der Waals surface area contributed by atoms with Crippen LogP contribution in [0.25, 0.3) is 5.57 Å². The van der Waals surface area contributed by atoms with Gasteiger partial charge in [0.05, 0.1) is 0 Å². The summed E-state index contributed by atoms with van der Waals surface area (Å²) in [5.41, 5.74) is 10.9. The topological polar surface area (TPSA) is 90.5 Å². The molecular formula is C33H44N4O3. The minimum Gasteiger partial charge on any atom is -0.355 e. The molecule has 0 fully saturated rings. The minimum absolute atomic E-state index is 0.165. The van der Waals surface area contributed by atoms with Crippen LogP contribution in [-0.4, -0.2) is 30.9 Å². The van der Waals surface area contributed by atoms with Crippen LogP contribution < -0.4 is 21.1 Å². The van der Waals surface area contributed by atoms with E-state index in [1.54, 1.807) is 12.1 Å². The van der Waals surface area contributed by atoms with E-state index in [2.05, 4.69) is 73.0 Å². The molecule has 1 atom stereocenters. The number of carbonyl (C=O) groups excluding carboxylic acids is 3. The molecular weight excluding hydrogens is 500 g/mol. The van der Waals surface area contributed by atoms with Crippen LogP contribution in [-0.2, 0) is 9.59 Å². The summed E-state index contributed by atoms with van der Waals surface area (Å²) in [6.07, 6.45) is 7.78. The average molecular weight is 545 g/mol. The molecule has 2 aromatic carbocycles. The van der Waals surface area contributed by atoms with Gasteiger partial charge in [0.2, 0.25) is 11.8 Å². The first kappa shape index (κ1) is 32.1. The number of carbonyl (C=O) groups is 3. The highest BCUT2D eigenvalue weighted by Crippen LogP contribution is 2.44. The predicted octanol–water partition coefficient (Wildman–Crippen LogP) is 6.52. The lowest BCUT2D eigenvalue weighted by Gasteiger charge is -2.24. The standard InChI is InChI=1S/C17H26N4O3.C16H18/c1-13(22)18-10-11-21(14-8-6-5-7-9-14)16(24)20-19-15(23)12-17(2,3)4;1-4-9-14-12(5-2)15-10-7-8-11-16(15)13(14)6-3/h5-9H,10-12H2,1-4H3,(H,18,22)(H,19,23)(H,20,24);4-5,7-11,13H,2,6H2,1,3H3/b;9-4-. The van der Waals surface area contributed by atoms with Gasteiger partial charge < -0.3 is 5.32 Å². The summed E-state index contributed by atoms with van der Waals surface area (Å²) in [6, 6.07) is 17.2. The third-order valence-electron chi connectivity index (χ3n) is 6.29. The molecule has 1 aliphatic rings. The number of urea groups is 1. The Kier molecular flexibility index (Phi) is 12.4. The minimum atomic E-state index is -0.464. The van der Waals surface area contributed by atoms with Crippen LogP contribution in [0.3, 0.4) is 0 Å². The van der Waals surface area contributed by atoms with Crippen molar-refractivity contribution in [2.45, 2.75) is 60.3 Å². The molecule has 0 spiro atoms. The SMILES string of the molecule is C=CC1=C(/C=C\C)C(CC)c2ccccc21.CC(=O)NCCN(C(=O)NNC(=O)CC(C)(C)C)c1ccccc1. The van der Waals surface area contributed by atoms with E-state index in [-0.39, 0.29) is 23.8 Å². The van der Waals surface area contributed by atoms with Gasteiger partial charge in [0.1, 0.15) is 0 Å². The molecule has 4 amide bonds. The highest BCUT2D eigenvalue weighted by molar-refractivity contribution is 5.93. The number of nitrogens with one attached hydrogen (secondary N) is 3. The maximum atomic E-state index is 12.4. The Morgan fingerprint density at radius 2 is 1.65 bits per heavy atom. The summed E-state index contributed by atoms with van der Waals surface area (Å²) >= 11 is 0. The fourth-order valence-corrected chi connectivity index (χ4v) is 4.63. The Labute approximate surface area is 239 Å². The van der Waals surface area contributed by atoms with Crippen LogP contribution in [0, 0.1) is 5.41 Å². The van der Waals surface area contributed by atoms with Crippen molar-refractivity contribution in [2.24, 2.45) is 5.41 Å². The average Bonchev–Trinajstić information content (AvgIpc) is 3.22. The van der Waals surface area contributed by atoms with Crippen molar-refractivity contribution in [1.29, 1.82) is 0 Å². The number of hydrogen-bond donors (Lipinski definition) is 3. The van der Waals surface area contributed by atoms with Gasteiger partial charge in [-0.1, -0.05) is 95.0 Å². The van der Waals surface area contributed by atoms with Crippen molar-refractivity contribution in [3.63, 3.8) is 0 Å². The lowest BCUT2D eigenvalue weighted by atomic mass is 9.92. The molecule has 0 bridgehead atoms. The van der Waals surface area contributed by atoms with Gasteiger partial charge in [0, 0.05) is 38.0 Å². The molecule has 0 aromatic heterocycles. The normalized spacial score (nSPS) is 14.1. The van der Waals surface area contributed by atoms with Gasteiger partial charge in [-0.2, -0.15) is 0 Å². The van der Waals surface area contributed by atoms with Crippen LogP contribution >= 0.6 is 0 Å². The second-order valence-electron chi connectivity index (χ2n) is 10.8. The number of amides is 4. The molecule has 0 radical (unpaired) electrons. The van der Waals surface area contributed by atoms with Gasteiger partial charge in [-0.15, -0.1) is 0 Å². The Morgan fingerprint density at radius 1 is 1.00 bits per heavy atom. The molecule has 3 N–H and O–H groups in total. The van der Waals surface area contributed by atoms with Gasteiger partial charge >= 0.3 is 6.03 Å². The van der Waals surface area contributed by atoms with E-state index in [0.717, 1.165) is 6.42 Å². The molecule has 1 unspecified atom stereocenters. The zero-order valence-corrected chi connectivity index (χ0v) is 24.7. The third-order valence-corrected chi connectivity index (χ3v) is 6.29. The van der Waals surface area contributed by atoms with Gasteiger partial charge in [0.15, 0.2) is 0 Å². The number of fused-ring (bicyclic) bond motifs is 1. The van der Waals surface area contributed by atoms with Crippen LogP contribution in [0.5, 0.6) is 0 Å². The molecule has 0 heterocycles. The fourth-order valence-electron chi connectivity index (χ4n) is 4.63. The van der Waals surface area contributed by atoms with Crippen LogP contribution in [0.15, 0.2) is 85.0 Å². The van der Waals surface area contributed by atoms with E-state index in [0.29, 0.717) is 24.6 Å². The number of hydrogen-bond acceptors (Lipinski definition) is 3. The van der Waals surface area contributed by atoms with E-state index >= 15 is 0 Å². The molecule has 1 aliphatic carbocycles. The molecule has 214 valence electrons. The van der Waals surface area contributed by atoms with Crippen molar-refractivity contribution in [2.75, 3.05) is 18.0 Å². The van der Waals surface area contributed by atoms with Crippen molar-refractivity contribution in [3.8, 4) is 0 Å². The first-order chi connectivity index (χ1) is 19.0. The molecule has 3 rings (SSSR count). The highest BCUT2D eigenvalue weighted by Gasteiger charge is 2.26. The summed E-state index contributed by atoms with van der Waals surface area (Å²) in [6.45, 7) is 16.1. The summed E-state index contributed by atoms with van der Waals surface area (Å²) < 4.78 is 0. The molecule has 7 heteroatoms. The Hall–Kier alpha value is -4.13. The fraction of sp³-hybridized carbons (Fsp3) is 0.364. The number of rotatable bonds is 8. The van der Waals surface area contributed by atoms with Crippen LogP contribution in [0.1, 0.15) is 71.4 Å². The smallest absolute Gasteiger partial charge is 0.340 e. The number of nitrogens with zero attached hydrogens (tertiary/aromatic N) is 1. The largest absolute Gasteiger partial charge is 0.355 e. The van der Waals surface area contributed by atoms with Crippen LogP contribution in [0.2, 0.25) is 0 Å². The molecule has 0 aliphatic heterocycles. The molecule has 2 aromatic rings. The third kappa shape index (κ3) is 9.56. The quantitative estimate of drug-likeness (QED) is 0.331. The number of benzene rings is 2. The lowest BCUT2D eigenvalue weighted by molar-refractivity contribution is -0.123. The van der Waals surface area contributed by atoms with E-state index in [1.807, 2.05) is 45.0 Å². The number of para-hydroxylation sites is 1. The zero-order chi connectivity index (χ0) is 29.7. The van der Waals surface area contributed by atoms with Crippen molar-refractivity contribution in [3.05, 3.63) is 96.1 Å². The first-order valence-corrected chi connectivity index (χ1v) is 13.8. The van der Waals surface area contributed by atoms with Crippen molar-refractivity contribution < 1.29 is 14.4 Å². The number of hydrazine groups is 1. The molecule has 0 saturated carbocycles. The van der Waals surface area contributed by atoms with Crippen LogP contribution in [0.4, 0.5) is 10.5 Å². The summed E-state index contributed by atoms with van der Waals surface area (Å²) in [4.78, 5) is 36.6. The van der Waals surface area contributed by atoms with Gasteiger partial charge in [-0.05, 0) is 53.2 Å². The lowest BCUT2D eigenvalue weighted by Crippen LogP contribution is -2.51. The Balaban J connectivity index is 0.000000302. The maximum Gasteiger partial charge on any atom is 0.340 e. The van der Waals surface area contributed by atoms with Gasteiger partial charge in [-0.25, -0.2) is 10.2 Å². The summed E-state index contributed by atoms with van der Waals surface area (Å²) in [5, 5.41) is 2.65. The van der Waals surface area contributed by atoms with Crippen molar-refractivity contribution in [1.82, 2.24) is 16.2 Å².